The molecule has 3 N–H and O–H groups in total. The topological polar surface area (TPSA) is 55.1 Å². The summed E-state index contributed by atoms with van der Waals surface area (Å²) in [6, 6.07) is 3.92. The molecule has 0 aliphatic heterocycles. The van der Waals surface area contributed by atoms with Crippen LogP contribution in [0.3, 0.4) is 0 Å². The minimum atomic E-state index is -4.37. The van der Waals surface area contributed by atoms with Crippen molar-refractivity contribution in [2.75, 3.05) is 0 Å². The van der Waals surface area contributed by atoms with Crippen LogP contribution >= 0.6 is 0 Å². The van der Waals surface area contributed by atoms with Gasteiger partial charge in [0, 0.05) is 6.54 Å². The van der Waals surface area contributed by atoms with E-state index in [2.05, 4.69) is 5.32 Å². The summed E-state index contributed by atoms with van der Waals surface area (Å²) in [6.45, 7) is -0.0146. The fourth-order valence-electron chi connectivity index (χ4n) is 1.05. The van der Waals surface area contributed by atoms with Crippen molar-refractivity contribution in [1.29, 1.82) is 0 Å². The number of rotatable bonds is 2. The first-order valence-electron chi connectivity index (χ1n) is 4.09. The first kappa shape index (κ1) is 11.4. The summed E-state index contributed by atoms with van der Waals surface area (Å²) in [5.41, 5.74) is 4.40. The Morgan fingerprint density at radius 1 is 1.40 bits per heavy atom. The number of urea groups is 1. The smallest absolute Gasteiger partial charge is 0.352 e. The van der Waals surface area contributed by atoms with Gasteiger partial charge in [-0.05, 0) is 17.7 Å². The van der Waals surface area contributed by atoms with E-state index in [1.54, 1.807) is 0 Å². The van der Waals surface area contributed by atoms with E-state index in [0.29, 0.717) is 5.56 Å². The van der Waals surface area contributed by atoms with E-state index in [1.165, 1.54) is 12.1 Å². The maximum absolute atomic E-state index is 12.3. The van der Waals surface area contributed by atoms with Crippen molar-refractivity contribution in [2.24, 2.45) is 5.73 Å². The number of halogens is 3. The van der Waals surface area contributed by atoms with Gasteiger partial charge in [0.15, 0.2) is 0 Å². The number of benzene rings is 1. The van der Waals surface area contributed by atoms with Gasteiger partial charge < -0.3 is 11.1 Å². The maximum atomic E-state index is 12.3. The fourth-order valence-corrected chi connectivity index (χ4v) is 1.05. The number of nitrogens with two attached hydrogens (primary N) is 1. The van der Waals surface area contributed by atoms with Crippen molar-refractivity contribution in [3.05, 3.63) is 35.4 Å². The molecular formula is C9H9F3N2O. The molecule has 0 bridgehead atoms. The van der Waals surface area contributed by atoms with Crippen molar-refractivity contribution in [1.82, 2.24) is 5.32 Å². The van der Waals surface area contributed by atoms with Gasteiger partial charge >= 0.3 is 12.2 Å². The largest absolute Gasteiger partial charge is 0.416 e. The van der Waals surface area contributed by atoms with Crippen LogP contribution in [0, 0.1) is 0 Å². The molecule has 0 spiro atoms. The molecule has 0 saturated heterocycles. The summed E-state index contributed by atoms with van der Waals surface area (Å²) in [5.74, 6) is 0. The minimum Gasteiger partial charge on any atom is -0.352 e. The summed E-state index contributed by atoms with van der Waals surface area (Å²) in [5, 5.41) is 2.21. The minimum absolute atomic E-state index is 0.0146. The van der Waals surface area contributed by atoms with Gasteiger partial charge in [-0.3, -0.25) is 0 Å². The van der Waals surface area contributed by atoms with E-state index in [1.807, 2.05) is 0 Å². The van der Waals surface area contributed by atoms with Crippen LogP contribution in [0.15, 0.2) is 24.3 Å². The van der Waals surface area contributed by atoms with Crippen molar-refractivity contribution < 1.29 is 18.0 Å². The number of alkyl halides is 3. The molecule has 0 radical (unpaired) electrons. The number of primary amides is 1. The predicted octanol–water partition coefficient (Wildman–Crippen LogP) is 1.87. The van der Waals surface area contributed by atoms with Crippen LogP contribution in [-0.2, 0) is 12.7 Å². The molecule has 3 nitrogen and oxygen atoms in total. The normalized spacial score (nSPS) is 11.1. The van der Waals surface area contributed by atoms with Crippen molar-refractivity contribution in [3.8, 4) is 0 Å². The Hall–Kier alpha value is -1.72. The van der Waals surface area contributed by atoms with Gasteiger partial charge in [-0.1, -0.05) is 12.1 Å². The Morgan fingerprint density at radius 2 is 2.07 bits per heavy atom. The molecule has 0 fully saturated rings. The average molecular weight is 218 g/mol. The standard InChI is InChI=1S/C9H9F3N2O/c10-9(11,12)7-3-1-2-6(4-7)5-14-8(13)15/h1-4H,5H2,(H3,13,14,15). The Labute approximate surface area is 84.1 Å². The molecular weight excluding hydrogens is 209 g/mol. The van der Waals surface area contributed by atoms with Gasteiger partial charge in [-0.2, -0.15) is 13.2 Å². The molecule has 0 heterocycles. The molecule has 0 atom stereocenters. The van der Waals surface area contributed by atoms with Gasteiger partial charge in [0.05, 0.1) is 5.56 Å². The SMILES string of the molecule is NC(=O)NCc1cccc(C(F)(F)F)c1. The molecule has 1 aromatic carbocycles. The molecule has 1 rings (SSSR count). The molecule has 0 aromatic heterocycles. The van der Waals surface area contributed by atoms with E-state index >= 15 is 0 Å². The number of nitrogens with one attached hydrogen (secondary N) is 1. The van der Waals surface area contributed by atoms with Gasteiger partial charge in [0.1, 0.15) is 0 Å². The lowest BCUT2D eigenvalue weighted by atomic mass is 10.1. The van der Waals surface area contributed by atoms with E-state index in [0.717, 1.165) is 12.1 Å². The second kappa shape index (κ2) is 4.20. The molecule has 15 heavy (non-hydrogen) atoms. The highest BCUT2D eigenvalue weighted by Crippen LogP contribution is 2.29. The Morgan fingerprint density at radius 3 is 2.60 bits per heavy atom. The number of carbonyl (C=O) groups is 1. The van der Waals surface area contributed by atoms with Crippen LogP contribution < -0.4 is 11.1 Å². The highest BCUT2D eigenvalue weighted by molar-refractivity contribution is 5.71. The van der Waals surface area contributed by atoms with E-state index < -0.39 is 17.8 Å². The van der Waals surface area contributed by atoms with Crippen LogP contribution in [0.2, 0.25) is 0 Å². The molecule has 1 aromatic rings. The van der Waals surface area contributed by atoms with E-state index in [9.17, 15) is 18.0 Å². The van der Waals surface area contributed by atoms with Crippen LogP contribution in [0.4, 0.5) is 18.0 Å². The molecule has 6 heteroatoms. The number of hydrogen-bond donors (Lipinski definition) is 2. The first-order chi connectivity index (χ1) is 6.89. The molecule has 0 saturated carbocycles. The quantitative estimate of drug-likeness (QED) is 0.782. The average Bonchev–Trinajstić information content (AvgIpc) is 2.14. The third kappa shape index (κ3) is 3.49. The van der Waals surface area contributed by atoms with E-state index in [-0.39, 0.29) is 6.54 Å². The lowest BCUT2D eigenvalue weighted by molar-refractivity contribution is -0.137. The first-order valence-corrected chi connectivity index (χ1v) is 4.09. The third-order valence-corrected chi connectivity index (χ3v) is 1.72. The Kier molecular flexibility index (Phi) is 3.18. The lowest BCUT2D eigenvalue weighted by Gasteiger charge is -2.08. The van der Waals surface area contributed by atoms with Crippen molar-refractivity contribution >= 4 is 6.03 Å². The van der Waals surface area contributed by atoms with Crippen molar-refractivity contribution in [2.45, 2.75) is 12.7 Å². The van der Waals surface area contributed by atoms with Crippen LogP contribution in [0.1, 0.15) is 11.1 Å². The molecule has 82 valence electrons. The highest BCUT2D eigenvalue weighted by atomic mass is 19.4. The Balaban J connectivity index is 2.79. The lowest BCUT2D eigenvalue weighted by Crippen LogP contribution is -2.28. The maximum Gasteiger partial charge on any atom is 0.416 e. The Bertz CT molecular complexity index is 363. The van der Waals surface area contributed by atoms with Gasteiger partial charge in [-0.25, -0.2) is 4.79 Å². The van der Waals surface area contributed by atoms with Crippen LogP contribution in [0.5, 0.6) is 0 Å². The summed E-state index contributed by atoms with van der Waals surface area (Å²) < 4.78 is 36.8. The monoisotopic (exact) mass is 218 g/mol. The van der Waals surface area contributed by atoms with Gasteiger partial charge in [0.2, 0.25) is 0 Å². The molecule has 2 amide bonds. The molecule has 0 unspecified atom stereocenters. The fraction of sp³-hybridized carbons (Fsp3) is 0.222. The zero-order valence-corrected chi connectivity index (χ0v) is 7.64. The van der Waals surface area contributed by atoms with E-state index in [4.69, 9.17) is 5.73 Å². The molecule has 0 aliphatic rings. The highest BCUT2D eigenvalue weighted by Gasteiger charge is 2.30. The summed E-state index contributed by atoms with van der Waals surface area (Å²) >= 11 is 0. The summed E-state index contributed by atoms with van der Waals surface area (Å²) in [4.78, 5) is 10.3. The zero-order chi connectivity index (χ0) is 11.5. The predicted molar refractivity (Wildman–Crippen MR) is 47.9 cm³/mol. The summed E-state index contributed by atoms with van der Waals surface area (Å²) in [6.07, 6.45) is -4.37. The zero-order valence-electron chi connectivity index (χ0n) is 7.64. The molecule has 0 aliphatic carbocycles. The van der Waals surface area contributed by atoms with Crippen LogP contribution in [-0.4, -0.2) is 6.03 Å². The third-order valence-electron chi connectivity index (χ3n) is 1.72. The number of carbonyl (C=O) groups excluding carboxylic acids is 1. The second-order valence-corrected chi connectivity index (χ2v) is 2.92. The van der Waals surface area contributed by atoms with Crippen LogP contribution in [0.25, 0.3) is 0 Å². The van der Waals surface area contributed by atoms with Gasteiger partial charge in [0.25, 0.3) is 0 Å². The summed E-state index contributed by atoms with van der Waals surface area (Å²) in [7, 11) is 0. The van der Waals surface area contributed by atoms with Gasteiger partial charge in [-0.15, -0.1) is 0 Å². The second-order valence-electron chi connectivity index (χ2n) is 2.92. The number of hydrogen-bond acceptors (Lipinski definition) is 1. The van der Waals surface area contributed by atoms with Crippen molar-refractivity contribution in [3.63, 3.8) is 0 Å². The number of amides is 2.